The lowest BCUT2D eigenvalue weighted by Gasteiger charge is -2.20. The summed E-state index contributed by atoms with van der Waals surface area (Å²) >= 11 is 3.65. The van der Waals surface area contributed by atoms with Crippen molar-refractivity contribution >= 4 is 15.9 Å². The number of halogens is 1. The number of nitrogens with zero attached hydrogens (tertiary/aromatic N) is 1. The van der Waals surface area contributed by atoms with E-state index in [0.717, 1.165) is 33.5 Å². The molecule has 0 bridgehead atoms. The molecular formula is C16H17BrN2O2. The van der Waals surface area contributed by atoms with Crippen LogP contribution in [0.5, 0.6) is 11.5 Å². The van der Waals surface area contributed by atoms with Crippen molar-refractivity contribution < 1.29 is 9.47 Å². The highest BCUT2D eigenvalue weighted by atomic mass is 79.9. The van der Waals surface area contributed by atoms with Crippen molar-refractivity contribution in [2.75, 3.05) is 20.3 Å². The van der Waals surface area contributed by atoms with Crippen LogP contribution >= 0.6 is 15.9 Å². The van der Waals surface area contributed by atoms with Crippen LogP contribution in [0.2, 0.25) is 0 Å². The van der Waals surface area contributed by atoms with E-state index in [2.05, 4.69) is 26.2 Å². The lowest BCUT2D eigenvalue weighted by atomic mass is 9.99. The molecular weight excluding hydrogens is 332 g/mol. The monoisotopic (exact) mass is 348 g/mol. The molecule has 3 rings (SSSR count). The summed E-state index contributed by atoms with van der Waals surface area (Å²) in [7, 11) is 1.95. The van der Waals surface area contributed by atoms with Gasteiger partial charge in [0.1, 0.15) is 0 Å². The third kappa shape index (κ3) is 3.04. The molecule has 4 nitrogen and oxygen atoms in total. The van der Waals surface area contributed by atoms with Crippen LogP contribution in [0.1, 0.15) is 23.6 Å². The Morgan fingerprint density at radius 2 is 1.81 bits per heavy atom. The molecule has 0 radical (unpaired) electrons. The Morgan fingerprint density at radius 1 is 1.14 bits per heavy atom. The molecule has 0 spiro atoms. The first-order valence-electron chi connectivity index (χ1n) is 6.96. The van der Waals surface area contributed by atoms with Crippen LogP contribution in [0.4, 0.5) is 0 Å². The van der Waals surface area contributed by atoms with Gasteiger partial charge in [0.05, 0.1) is 19.3 Å². The second-order valence-corrected chi connectivity index (χ2v) is 5.73. The van der Waals surface area contributed by atoms with E-state index in [-0.39, 0.29) is 6.04 Å². The maximum absolute atomic E-state index is 5.79. The number of pyridine rings is 1. The molecule has 0 amide bonds. The predicted octanol–water partition coefficient (Wildman–Crippen LogP) is 3.31. The fourth-order valence-corrected chi connectivity index (χ4v) is 3.03. The molecule has 2 aromatic rings. The van der Waals surface area contributed by atoms with Crippen LogP contribution in [0.15, 0.2) is 41.1 Å². The minimum absolute atomic E-state index is 0.0690. The zero-order chi connectivity index (χ0) is 14.7. The Hall–Kier alpha value is -1.59. The molecule has 1 aliphatic rings. The molecule has 0 saturated heterocycles. The van der Waals surface area contributed by atoms with Crippen LogP contribution < -0.4 is 14.8 Å². The number of nitrogens with one attached hydrogen (secondary N) is 1. The van der Waals surface area contributed by atoms with Gasteiger partial charge in [-0.3, -0.25) is 4.98 Å². The number of fused-ring (bicyclic) bond motifs is 1. The van der Waals surface area contributed by atoms with Crippen LogP contribution in [0.3, 0.4) is 0 Å². The lowest BCUT2D eigenvalue weighted by molar-refractivity contribution is 0.297. The van der Waals surface area contributed by atoms with E-state index in [1.54, 1.807) is 12.4 Å². The molecule has 1 aromatic heterocycles. The Balaban J connectivity index is 2.02. The van der Waals surface area contributed by atoms with Crippen LogP contribution in [-0.4, -0.2) is 25.2 Å². The number of rotatable bonds is 3. The maximum Gasteiger partial charge on any atom is 0.162 e. The number of hydrogen-bond donors (Lipinski definition) is 1. The fourth-order valence-electron chi connectivity index (χ4n) is 2.48. The summed E-state index contributed by atoms with van der Waals surface area (Å²) in [6.45, 7) is 1.38. The average Bonchev–Trinajstić information content (AvgIpc) is 2.74. The number of aromatic nitrogens is 1. The third-order valence-electron chi connectivity index (χ3n) is 3.51. The van der Waals surface area contributed by atoms with E-state index in [4.69, 9.17) is 9.47 Å². The Bertz CT molecular complexity index is 619. The number of hydrogen-bond acceptors (Lipinski definition) is 4. The van der Waals surface area contributed by atoms with Crippen molar-refractivity contribution in [2.45, 2.75) is 12.5 Å². The standard InChI is InChI=1S/C16H17BrN2O2/c1-18-16(11-3-5-19-6-4-11)12-9-14-15(10-13(12)17)21-8-2-7-20-14/h3-6,9-10,16,18H,2,7-8H2,1H3. The molecule has 2 heterocycles. The van der Waals surface area contributed by atoms with Gasteiger partial charge in [-0.15, -0.1) is 0 Å². The SMILES string of the molecule is CNC(c1ccncc1)c1cc2c(cc1Br)OCCCO2. The van der Waals surface area contributed by atoms with Gasteiger partial charge in [0.2, 0.25) is 0 Å². The molecule has 1 aliphatic heterocycles. The van der Waals surface area contributed by atoms with Gasteiger partial charge in [-0.1, -0.05) is 15.9 Å². The predicted molar refractivity (Wildman–Crippen MR) is 84.9 cm³/mol. The van der Waals surface area contributed by atoms with Crippen molar-refractivity contribution in [1.29, 1.82) is 0 Å². The van der Waals surface area contributed by atoms with Crippen LogP contribution in [-0.2, 0) is 0 Å². The molecule has 0 saturated carbocycles. The second-order valence-electron chi connectivity index (χ2n) is 4.87. The normalized spacial score (nSPS) is 15.3. The quantitative estimate of drug-likeness (QED) is 0.923. The van der Waals surface area contributed by atoms with Gasteiger partial charge in [0.15, 0.2) is 11.5 Å². The zero-order valence-electron chi connectivity index (χ0n) is 11.8. The largest absolute Gasteiger partial charge is 0.490 e. The van der Waals surface area contributed by atoms with Gasteiger partial charge in [-0.2, -0.15) is 0 Å². The van der Waals surface area contributed by atoms with Gasteiger partial charge in [0.25, 0.3) is 0 Å². The van der Waals surface area contributed by atoms with Crippen molar-refractivity contribution in [2.24, 2.45) is 0 Å². The minimum Gasteiger partial charge on any atom is -0.490 e. The van der Waals surface area contributed by atoms with E-state index in [1.807, 2.05) is 31.3 Å². The summed E-state index contributed by atoms with van der Waals surface area (Å²) in [5, 5.41) is 3.34. The average molecular weight is 349 g/mol. The molecule has 0 fully saturated rings. The van der Waals surface area contributed by atoms with Gasteiger partial charge < -0.3 is 14.8 Å². The van der Waals surface area contributed by atoms with Gasteiger partial charge in [-0.25, -0.2) is 0 Å². The van der Waals surface area contributed by atoms with Crippen LogP contribution in [0, 0.1) is 0 Å². The zero-order valence-corrected chi connectivity index (χ0v) is 13.4. The first-order valence-corrected chi connectivity index (χ1v) is 7.75. The first kappa shape index (κ1) is 14.4. The van der Waals surface area contributed by atoms with E-state index >= 15 is 0 Å². The summed E-state index contributed by atoms with van der Waals surface area (Å²) in [6.07, 6.45) is 4.51. The molecule has 1 aromatic carbocycles. The summed E-state index contributed by atoms with van der Waals surface area (Å²) in [5.41, 5.74) is 2.27. The summed E-state index contributed by atoms with van der Waals surface area (Å²) < 4.78 is 12.5. The summed E-state index contributed by atoms with van der Waals surface area (Å²) in [5.74, 6) is 1.60. The van der Waals surface area contributed by atoms with Crippen molar-refractivity contribution in [3.8, 4) is 11.5 Å². The molecule has 1 atom stereocenters. The molecule has 0 aliphatic carbocycles. The van der Waals surface area contributed by atoms with Crippen molar-refractivity contribution in [3.05, 3.63) is 52.3 Å². The van der Waals surface area contributed by atoms with Crippen LogP contribution in [0.25, 0.3) is 0 Å². The minimum atomic E-state index is 0.0690. The smallest absolute Gasteiger partial charge is 0.162 e. The topological polar surface area (TPSA) is 43.4 Å². The summed E-state index contributed by atoms with van der Waals surface area (Å²) in [6, 6.07) is 8.13. The van der Waals surface area contributed by atoms with E-state index in [0.29, 0.717) is 13.2 Å². The molecule has 110 valence electrons. The maximum atomic E-state index is 5.79. The highest BCUT2D eigenvalue weighted by molar-refractivity contribution is 9.10. The van der Waals surface area contributed by atoms with Gasteiger partial charge >= 0.3 is 0 Å². The number of ether oxygens (including phenoxy) is 2. The fraction of sp³-hybridized carbons (Fsp3) is 0.312. The molecule has 1 unspecified atom stereocenters. The highest BCUT2D eigenvalue weighted by Gasteiger charge is 2.20. The van der Waals surface area contributed by atoms with Crippen molar-refractivity contribution in [3.63, 3.8) is 0 Å². The lowest BCUT2D eigenvalue weighted by Crippen LogP contribution is -2.18. The highest BCUT2D eigenvalue weighted by Crippen LogP contribution is 2.39. The van der Waals surface area contributed by atoms with E-state index < -0.39 is 0 Å². The summed E-state index contributed by atoms with van der Waals surface area (Å²) in [4.78, 5) is 4.08. The van der Waals surface area contributed by atoms with Crippen molar-refractivity contribution in [1.82, 2.24) is 10.3 Å². The molecule has 5 heteroatoms. The first-order chi connectivity index (χ1) is 10.3. The Morgan fingerprint density at radius 3 is 2.48 bits per heavy atom. The van der Waals surface area contributed by atoms with E-state index in [1.165, 1.54) is 0 Å². The Labute approximate surface area is 132 Å². The molecule has 21 heavy (non-hydrogen) atoms. The molecule has 1 N–H and O–H groups in total. The third-order valence-corrected chi connectivity index (χ3v) is 4.19. The van der Waals surface area contributed by atoms with E-state index in [9.17, 15) is 0 Å². The second kappa shape index (κ2) is 6.45. The number of benzene rings is 1. The van der Waals surface area contributed by atoms with Gasteiger partial charge in [0, 0.05) is 23.3 Å². The van der Waals surface area contributed by atoms with Gasteiger partial charge in [-0.05, 0) is 42.4 Å². The Kier molecular flexibility index (Phi) is 4.41.